The van der Waals surface area contributed by atoms with E-state index in [0.29, 0.717) is 31.8 Å². The van der Waals surface area contributed by atoms with Gasteiger partial charge in [0.1, 0.15) is 17.4 Å². The number of hydrogen-bond donors (Lipinski definition) is 0. The maximum atomic E-state index is 13.4. The first kappa shape index (κ1) is 39.7. The van der Waals surface area contributed by atoms with Crippen molar-refractivity contribution in [2.45, 2.75) is 77.4 Å². The van der Waals surface area contributed by atoms with Crippen LogP contribution in [0.2, 0.25) is 0 Å². The Morgan fingerprint density at radius 3 is 1.70 bits per heavy atom. The summed E-state index contributed by atoms with van der Waals surface area (Å²) < 4.78 is 43.4. The second-order valence-electron chi connectivity index (χ2n) is 16.6. The van der Waals surface area contributed by atoms with Crippen LogP contribution in [-0.4, -0.2) is 44.3 Å². The number of aromatic nitrogens is 4. The normalized spacial score (nSPS) is 22.2. The predicted molar refractivity (Wildman–Crippen MR) is 230 cm³/mol. The third kappa shape index (κ3) is 6.87. The number of rotatable bonds is 6. The third-order valence-electron chi connectivity index (χ3n) is 13.3. The number of allylic oxidation sites excluding steroid dienone is 1. The van der Waals surface area contributed by atoms with Crippen LogP contribution in [0.1, 0.15) is 79.6 Å². The fraction of sp³-hybridized carbons (Fsp3) is 0.314. The molecule has 1 aliphatic heterocycles. The lowest BCUT2D eigenvalue weighted by Gasteiger charge is -2.53. The van der Waals surface area contributed by atoms with Gasteiger partial charge in [0, 0.05) is 12.8 Å². The van der Waals surface area contributed by atoms with Gasteiger partial charge in [-0.1, -0.05) is 79.2 Å². The zero-order chi connectivity index (χ0) is 40.0. The third-order valence-corrected chi connectivity index (χ3v) is 13.3. The summed E-state index contributed by atoms with van der Waals surface area (Å²) in [5, 5.41) is 9.23. The number of halogens is 2. The summed E-state index contributed by atoms with van der Waals surface area (Å²) in [6.07, 6.45) is 16.9. The molecule has 7 nitrogen and oxygen atoms in total. The molecule has 0 bridgehead atoms. The van der Waals surface area contributed by atoms with E-state index in [-0.39, 0.29) is 24.5 Å². The lowest BCUT2D eigenvalue weighted by Crippen LogP contribution is -2.56. The van der Waals surface area contributed by atoms with Crippen LogP contribution in [0.5, 0.6) is 0 Å². The number of fused-ring (bicyclic) bond motifs is 5. The molecule has 6 aromatic rings. The molecule has 11 rings (SSSR count). The van der Waals surface area contributed by atoms with E-state index in [1.54, 1.807) is 24.3 Å². The Morgan fingerprint density at radius 1 is 0.600 bits per heavy atom. The number of benzene rings is 4. The maximum absolute atomic E-state index is 13.4. The van der Waals surface area contributed by atoms with Crippen LogP contribution in [0, 0.1) is 22.5 Å². The van der Waals surface area contributed by atoms with E-state index in [2.05, 4.69) is 64.8 Å². The molecule has 1 spiro atoms. The molecule has 9 heteroatoms. The second kappa shape index (κ2) is 16.0. The van der Waals surface area contributed by atoms with Gasteiger partial charge in [-0.15, -0.1) is 0 Å². The topological polar surface area (TPSA) is 71.2 Å². The van der Waals surface area contributed by atoms with E-state index in [0.717, 1.165) is 79.7 Å². The molecule has 2 aromatic heterocycles. The summed E-state index contributed by atoms with van der Waals surface area (Å²) in [6, 6.07) is 33.8. The molecule has 2 saturated carbocycles. The number of hydrogen-bond acceptors (Lipinski definition) is 5. The molecule has 306 valence electrons. The minimum absolute atomic E-state index is 0. The summed E-state index contributed by atoms with van der Waals surface area (Å²) in [7, 11) is 0. The van der Waals surface area contributed by atoms with Gasteiger partial charge in [-0.25, -0.2) is 18.1 Å². The Balaban J connectivity index is 0.000000152. The number of ketones is 1. The fourth-order valence-corrected chi connectivity index (χ4v) is 10.5. The molecule has 4 aliphatic carbocycles. The monoisotopic (exact) mass is 804 g/mol. The fourth-order valence-electron chi connectivity index (χ4n) is 10.5. The molecule has 0 N–H and O–H groups in total. The number of nitrogens with zero attached hydrogens (tertiary/aromatic N) is 4. The van der Waals surface area contributed by atoms with Crippen molar-refractivity contribution in [1.29, 1.82) is 0 Å². The minimum Gasteiger partial charge on any atom is -0.347 e. The molecule has 3 heterocycles. The number of ether oxygens (including phenoxy) is 2. The van der Waals surface area contributed by atoms with Crippen LogP contribution >= 0.6 is 0 Å². The molecule has 5 aliphatic rings. The molecule has 0 amide bonds. The highest BCUT2D eigenvalue weighted by Crippen LogP contribution is 2.58. The van der Waals surface area contributed by atoms with E-state index < -0.39 is 11.2 Å². The van der Waals surface area contributed by atoms with Crippen molar-refractivity contribution in [2.75, 3.05) is 13.2 Å². The van der Waals surface area contributed by atoms with Gasteiger partial charge in [0.05, 0.1) is 59.2 Å². The molecule has 60 heavy (non-hydrogen) atoms. The highest BCUT2D eigenvalue weighted by Gasteiger charge is 2.60. The summed E-state index contributed by atoms with van der Waals surface area (Å²) in [6.45, 7) is 1.29. The Kier molecular flexibility index (Phi) is 10.6. The van der Waals surface area contributed by atoms with Gasteiger partial charge in [0.25, 0.3) is 0 Å². The van der Waals surface area contributed by atoms with Crippen LogP contribution in [0.15, 0.2) is 133 Å². The Hall–Kier alpha value is -5.77. The average molecular weight is 805 g/mol. The molecular formula is C51H50F2N4O3. The summed E-state index contributed by atoms with van der Waals surface area (Å²) >= 11 is 0. The van der Waals surface area contributed by atoms with Crippen molar-refractivity contribution in [3.05, 3.63) is 178 Å². The van der Waals surface area contributed by atoms with Gasteiger partial charge in [0.15, 0.2) is 5.79 Å². The standard InChI is InChI=1S/C26H25FN2O2.C24H21FN2O.CH4/c27-22-8-10-23(11-9-22)29-24-15-21-7-4-12-26(30-13-14-31-26)25(21,17-20(24)18-28-29)16-19-5-2-1-3-6-19;25-20-9-11-21(12-10-20)27-22-13-19-7-4-8-23(28)24(19,15-18(22)16-26-27)14-17-5-2-1-3-6-17;/h1-3,5-6,8-11,15,18H,4,7,12-14,16-17H2;1-3,5-6,9-13,16H,4,7-8,14-15H2;1H4. The quantitative estimate of drug-likeness (QED) is 0.168. The zero-order valence-electron chi connectivity index (χ0n) is 33.0. The Labute approximate surface area is 350 Å². The molecule has 4 aromatic carbocycles. The van der Waals surface area contributed by atoms with E-state index in [4.69, 9.17) is 9.47 Å². The van der Waals surface area contributed by atoms with Crippen molar-refractivity contribution in [3.8, 4) is 11.4 Å². The van der Waals surface area contributed by atoms with Gasteiger partial charge in [-0.3, -0.25) is 4.79 Å². The first-order valence-electron chi connectivity index (χ1n) is 20.8. The Morgan fingerprint density at radius 2 is 1.12 bits per heavy atom. The molecule has 1 saturated heterocycles. The zero-order valence-corrected chi connectivity index (χ0v) is 33.0. The van der Waals surface area contributed by atoms with E-state index in [1.807, 2.05) is 40.0 Å². The molecule has 0 radical (unpaired) electrons. The van der Waals surface area contributed by atoms with Crippen LogP contribution in [0.3, 0.4) is 0 Å². The first-order chi connectivity index (χ1) is 28.8. The number of carbonyl (C=O) groups excluding carboxylic acids is 1. The first-order valence-corrected chi connectivity index (χ1v) is 20.8. The van der Waals surface area contributed by atoms with E-state index in [1.165, 1.54) is 52.1 Å². The van der Waals surface area contributed by atoms with Gasteiger partial charge in [0.2, 0.25) is 0 Å². The van der Waals surface area contributed by atoms with E-state index >= 15 is 0 Å². The molecule has 2 atom stereocenters. The summed E-state index contributed by atoms with van der Waals surface area (Å²) in [5.41, 5.74) is 10.4. The van der Waals surface area contributed by atoms with Crippen LogP contribution < -0.4 is 0 Å². The van der Waals surface area contributed by atoms with Crippen LogP contribution in [0.25, 0.3) is 23.5 Å². The van der Waals surface area contributed by atoms with Crippen molar-refractivity contribution < 1.29 is 23.0 Å². The average Bonchev–Trinajstić information content (AvgIpc) is 4.01. The highest BCUT2D eigenvalue weighted by atomic mass is 19.1. The van der Waals surface area contributed by atoms with Crippen LogP contribution in [0.4, 0.5) is 8.78 Å². The largest absolute Gasteiger partial charge is 0.347 e. The molecule has 2 unspecified atom stereocenters. The summed E-state index contributed by atoms with van der Waals surface area (Å²) in [5.74, 6) is -0.741. The lowest BCUT2D eigenvalue weighted by atomic mass is 9.58. The van der Waals surface area contributed by atoms with E-state index in [9.17, 15) is 13.6 Å². The van der Waals surface area contributed by atoms with Crippen molar-refractivity contribution in [1.82, 2.24) is 19.6 Å². The Bertz CT molecular complexity index is 2550. The second-order valence-corrected chi connectivity index (χ2v) is 16.6. The molecular weight excluding hydrogens is 755 g/mol. The lowest BCUT2D eigenvalue weighted by molar-refractivity contribution is -0.239. The minimum atomic E-state index is -0.581. The van der Waals surface area contributed by atoms with Gasteiger partial charge in [-0.05, 0) is 134 Å². The van der Waals surface area contributed by atoms with Crippen molar-refractivity contribution in [2.24, 2.45) is 10.8 Å². The number of carbonyl (C=O) groups is 1. The summed E-state index contributed by atoms with van der Waals surface area (Å²) in [4.78, 5) is 13.2. The number of Topliss-reactive ketones (excluding diaryl/α,β-unsaturated/α-hetero) is 1. The molecule has 3 fully saturated rings. The maximum Gasteiger partial charge on any atom is 0.178 e. The van der Waals surface area contributed by atoms with Crippen molar-refractivity contribution >= 4 is 17.9 Å². The van der Waals surface area contributed by atoms with Gasteiger partial charge in [-0.2, -0.15) is 10.2 Å². The van der Waals surface area contributed by atoms with Crippen molar-refractivity contribution in [3.63, 3.8) is 0 Å². The highest BCUT2D eigenvalue weighted by molar-refractivity contribution is 5.92. The smallest absolute Gasteiger partial charge is 0.178 e. The SMILES string of the molecule is C.Fc1ccc(-n2ncc3c2C=C2CCCC4(OCCO4)C2(Cc2ccccc2)C3)cc1.O=C1CCCC2=Cc3c(cnn3-c3ccc(F)cc3)CC12Cc1ccccc1. The van der Waals surface area contributed by atoms with Gasteiger partial charge >= 0.3 is 0 Å². The van der Waals surface area contributed by atoms with Crippen LogP contribution in [-0.2, 0) is 40.0 Å². The van der Waals surface area contributed by atoms with Gasteiger partial charge < -0.3 is 9.47 Å². The predicted octanol–water partition coefficient (Wildman–Crippen LogP) is 10.7.